The Kier molecular flexibility index (Phi) is 4.48. The number of benzene rings is 1. The largest absolute Gasteiger partial charge is 0.312 e. The Hall–Kier alpha value is -0.970. The minimum atomic E-state index is -0.370. The van der Waals surface area contributed by atoms with Crippen LogP contribution in [0, 0.1) is 5.82 Å². The molecule has 1 aromatic carbocycles. The predicted octanol–water partition coefficient (Wildman–Crippen LogP) is 3.27. The van der Waals surface area contributed by atoms with Crippen molar-refractivity contribution in [2.45, 2.75) is 13.0 Å². The lowest BCUT2D eigenvalue weighted by molar-refractivity contribution is 0.620. The molecular weight excluding hydrogens is 259 g/mol. The number of rotatable bonds is 5. The van der Waals surface area contributed by atoms with Crippen molar-refractivity contribution in [1.29, 1.82) is 0 Å². The summed E-state index contributed by atoms with van der Waals surface area (Å²) in [6.07, 6.45) is 0.888. The summed E-state index contributed by atoms with van der Waals surface area (Å²) in [5.74, 6) is -0.370. The van der Waals surface area contributed by atoms with E-state index >= 15 is 0 Å². The molecule has 2 nitrogen and oxygen atoms in total. The SMILES string of the molecule is Fc1cc(CNCCc2cscn2)ccc1Cl. The van der Waals surface area contributed by atoms with Gasteiger partial charge in [0.05, 0.1) is 16.2 Å². The van der Waals surface area contributed by atoms with E-state index in [-0.39, 0.29) is 10.8 Å². The summed E-state index contributed by atoms with van der Waals surface area (Å²) in [4.78, 5) is 4.19. The Bertz CT molecular complexity index is 473. The highest BCUT2D eigenvalue weighted by molar-refractivity contribution is 7.07. The molecule has 90 valence electrons. The van der Waals surface area contributed by atoms with Crippen LogP contribution in [0.25, 0.3) is 0 Å². The van der Waals surface area contributed by atoms with Crippen molar-refractivity contribution < 1.29 is 4.39 Å². The van der Waals surface area contributed by atoms with Crippen LogP contribution in [0.1, 0.15) is 11.3 Å². The Balaban J connectivity index is 1.76. The van der Waals surface area contributed by atoms with E-state index in [0.717, 1.165) is 24.2 Å². The molecule has 0 amide bonds. The molecule has 0 bridgehead atoms. The third kappa shape index (κ3) is 3.77. The molecule has 1 N–H and O–H groups in total. The number of hydrogen-bond donors (Lipinski definition) is 1. The van der Waals surface area contributed by atoms with Gasteiger partial charge in [0.2, 0.25) is 0 Å². The number of halogens is 2. The number of hydrogen-bond acceptors (Lipinski definition) is 3. The van der Waals surface area contributed by atoms with E-state index in [9.17, 15) is 4.39 Å². The average molecular weight is 271 g/mol. The van der Waals surface area contributed by atoms with Gasteiger partial charge in [-0.3, -0.25) is 0 Å². The van der Waals surface area contributed by atoms with Crippen LogP contribution in [0.5, 0.6) is 0 Å². The maximum Gasteiger partial charge on any atom is 0.142 e. The summed E-state index contributed by atoms with van der Waals surface area (Å²) >= 11 is 7.20. The van der Waals surface area contributed by atoms with Crippen LogP contribution in [0.3, 0.4) is 0 Å². The first-order valence-corrected chi connectivity index (χ1v) is 6.59. The molecule has 0 aliphatic heterocycles. The van der Waals surface area contributed by atoms with Gasteiger partial charge in [0.25, 0.3) is 0 Å². The van der Waals surface area contributed by atoms with Crippen LogP contribution in [0.15, 0.2) is 29.1 Å². The second kappa shape index (κ2) is 6.10. The summed E-state index contributed by atoms with van der Waals surface area (Å²) < 4.78 is 13.1. The zero-order chi connectivity index (χ0) is 12.1. The molecule has 1 heterocycles. The lowest BCUT2D eigenvalue weighted by Crippen LogP contribution is -2.16. The Morgan fingerprint density at radius 3 is 3.00 bits per heavy atom. The summed E-state index contributed by atoms with van der Waals surface area (Å²) in [7, 11) is 0. The molecule has 0 atom stereocenters. The smallest absolute Gasteiger partial charge is 0.142 e. The second-order valence-corrected chi connectivity index (χ2v) is 4.78. The first-order valence-electron chi connectivity index (χ1n) is 5.27. The molecule has 1 aromatic heterocycles. The van der Waals surface area contributed by atoms with Gasteiger partial charge in [0.15, 0.2) is 0 Å². The Labute approximate surface area is 108 Å². The van der Waals surface area contributed by atoms with E-state index in [4.69, 9.17) is 11.6 Å². The fourth-order valence-electron chi connectivity index (χ4n) is 1.46. The minimum Gasteiger partial charge on any atom is -0.312 e. The molecule has 0 unspecified atom stereocenters. The molecule has 0 saturated carbocycles. The molecule has 0 fully saturated rings. The Morgan fingerprint density at radius 2 is 2.29 bits per heavy atom. The van der Waals surface area contributed by atoms with Crippen molar-refractivity contribution in [1.82, 2.24) is 10.3 Å². The highest BCUT2D eigenvalue weighted by Gasteiger charge is 2.01. The highest BCUT2D eigenvalue weighted by Crippen LogP contribution is 2.15. The van der Waals surface area contributed by atoms with E-state index in [1.165, 1.54) is 6.07 Å². The van der Waals surface area contributed by atoms with Gasteiger partial charge in [-0.25, -0.2) is 9.37 Å². The number of aromatic nitrogens is 1. The molecule has 0 aliphatic rings. The van der Waals surface area contributed by atoms with E-state index in [0.29, 0.717) is 6.54 Å². The lowest BCUT2D eigenvalue weighted by atomic mass is 10.2. The zero-order valence-electron chi connectivity index (χ0n) is 9.12. The van der Waals surface area contributed by atoms with Gasteiger partial charge in [-0.05, 0) is 17.7 Å². The first kappa shape index (κ1) is 12.5. The number of nitrogens with zero attached hydrogens (tertiary/aromatic N) is 1. The molecule has 5 heteroatoms. The van der Waals surface area contributed by atoms with Gasteiger partial charge in [0.1, 0.15) is 5.82 Å². The van der Waals surface area contributed by atoms with Crippen molar-refractivity contribution in [2.75, 3.05) is 6.54 Å². The molecular formula is C12H12ClFN2S. The van der Waals surface area contributed by atoms with E-state index in [2.05, 4.69) is 10.3 Å². The van der Waals surface area contributed by atoms with Crippen molar-refractivity contribution in [3.8, 4) is 0 Å². The minimum absolute atomic E-state index is 0.163. The Morgan fingerprint density at radius 1 is 1.41 bits per heavy atom. The maximum absolute atomic E-state index is 13.1. The summed E-state index contributed by atoms with van der Waals surface area (Å²) in [5.41, 5.74) is 3.80. The molecule has 17 heavy (non-hydrogen) atoms. The van der Waals surface area contributed by atoms with Crippen LogP contribution in [-0.4, -0.2) is 11.5 Å². The van der Waals surface area contributed by atoms with Crippen molar-refractivity contribution in [3.05, 3.63) is 51.2 Å². The first-order chi connectivity index (χ1) is 8.25. The predicted molar refractivity (Wildman–Crippen MR) is 68.9 cm³/mol. The monoisotopic (exact) mass is 270 g/mol. The normalized spacial score (nSPS) is 10.7. The number of thiazole rings is 1. The third-order valence-electron chi connectivity index (χ3n) is 2.35. The van der Waals surface area contributed by atoms with Crippen LogP contribution >= 0.6 is 22.9 Å². The van der Waals surface area contributed by atoms with Crippen LogP contribution in [-0.2, 0) is 13.0 Å². The van der Waals surface area contributed by atoms with E-state index < -0.39 is 0 Å². The fraction of sp³-hybridized carbons (Fsp3) is 0.250. The third-order valence-corrected chi connectivity index (χ3v) is 3.30. The van der Waals surface area contributed by atoms with E-state index in [1.54, 1.807) is 17.4 Å². The summed E-state index contributed by atoms with van der Waals surface area (Å²) in [5, 5.41) is 5.44. The quantitative estimate of drug-likeness (QED) is 0.844. The topological polar surface area (TPSA) is 24.9 Å². The van der Waals surface area contributed by atoms with E-state index in [1.807, 2.05) is 17.0 Å². The van der Waals surface area contributed by atoms with Gasteiger partial charge < -0.3 is 5.32 Å². The van der Waals surface area contributed by atoms with Crippen LogP contribution in [0.4, 0.5) is 4.39 Å². The van der Waals surface area contributed by atoms with Gasteiger partial charge in [-0.1, -0.05) is 17.7 Å². The van der Waals surface area contributed by atoms with Crippen molar-refractivity contribution in [2.24, 2.45) is 0 Å². The van der Waals surface area contributed by atoms with Crippen molar-refractivity contribution in [3.63, 3.8) is 0 Å². The summed E-state index contributed by atoms with van der Waals surface area (Å²) in [6.45, 7) is 1.46. The molecule has 0 spiro atoms. The molecule has 0 saturated heterocycles. The highest BCUT2D eigenvalue weighted by atomic mass is 35.5. The molecule has 2 aromatic rings. The zero-order valence-corrected chi connectivity index (χ0v) is 10.7. The second-order valence-electron chi connectivity index (χ2n) is 3.66. The fourth-order valence-corrected chi connectivity index (χ4v) is 2.17. The van der Waals surface area contributed by atoms with Gasteiger partial charge in [-0.15, -0.1) is 11.3 Å². The van der Waals surface area contributed by atoms with Gasteiger partial charge in [0, 0.05) is 24.9 Å². The molecule has 0 aliphatic carbocycles. The molecule has 0 radical (unpaired) electrons. The molecule has 2 rings (SSSR count). The van der Waals surface area contributed by atoms with Gasteiger partial charge >= 0.3 is 0 Å². The van der Waals surface area contributed by atoms with Gasteiger partial charge in [-0.2, -0.15) is 0 Å². The summed E-state index contributed by atoms with van der Waals surface area (Å²) in [6, 6.07) is 4.85. The maximum atomic E-state index is 13.1. The lowest BCUT2D eigenvalue weighted by Gasteiger charge is -2.04. The standard InChI is InChI=1S/C12H12ClFN2S/c13-11-2-1-9(5-12(11)14)6-15-4-3-10-7-17-8-16-10/h1-2,5,7-8,15H,3-4,6H2. The number of nitrogens with one attached hydrogen (secondary N) is 1. The van der Waals surface area contributed by atoms with Crippen molar-refractivity contribution >= 4 is 22.9 Å². The average Bonchev–Trinajstić information content (AvgIpc) is 2.82. The van der Waals surface area contributed by atoms with Crippen LogP contribution in [0.2, 0.25) is 5.02 Å². The van der Waals surface area contributed by atoms with Crippen LogP contribution < -0.4 is 5.32 Å².